The first-order valence-corrected chi connectivity index (χ1v) is 7.36. The molecule has 4 nitrogen and oxygen atoms in total. The number of carbonyl (C=O) groups excluding carboxylic acids is 1. The molecule has 4 heteroatoms. The summed E-state index contributed by atoms with van der Waals surface area (Å²) in [5, 5.41) is 11.7. The van der Waals surface area contributed by atoms with Gasteiger partial charge in [0.25, 0.3) is 0 Å². The minimum absolute atomic E-state index is 0.165. The fourth-order valence-electron chi connectivity index (χ4n) is 2.61. The lowest BCUT2D eigenvalue weighted by atomic mass is 9.94. The molecule has 0 spiro atoms. The van der Waals surface area contributed by atoms with E-state index in [0.717, 1.165) is 25.7 Å². The Hall–Kier alpha value is -1.06. The molecule has 1 saturated carbocycles. The van der Waals surface area contributed by atoms with E-state index in [-0.39, 0.29) is 23.7 Å². The maximum Gasteiger partial charge on any atom is 0.303 e. The van der Waals surface area contributed by atoms with Gasteiger partial charge in [-0.1, -0.05) is 33.6 Å². The van der Waals surface area contributed by atoms with E-state index >= 15 is 0 Å². The third-order valence-electron chi connectivity index (χ3n) is 4.15. The first kappa shape index (κ1) is 16.0. The predicted octanol–water partition coefficient (Wildman–Crippen LogP) is 2.82. The van der Waals surface area contributed by atoms with Crippen molar-refractivity contribution in [2.24, 2.45) is 17.3 Å². The minimum Gasteiger partial charge on any atom is -0.481 e. The molecule has 1 aliphatic rings. The Bertz CT molecular complexity index is 325. The molecule has 0 radical (unpaired) electrons. The molecule has 0 aromatic carbocycles. The second-order valence-corrected chi connectivity index (χ2v) is 6.41. The largest absolute Gasteiger partial charge is 0.481 e. The van der Waals surface area contributed by atoms with Crippen molar-refractivity contribution >= 4 is 11.9 Å². The zero-order valence-electron chi connectivity index (χ0n) is 12.4. The van der Waals surface area contributed by atoms with Crippen molar-refractivity contribution in [1.29, 1.82) is 0 Å². The molecule has 19 heavy (non-hydrogen) atoms. The van der Waals surface area contributed by atoms with Gasteiger partial charge in [0.2, 0.25) is 5.91 Å². The smallest absolute Gasteiger partial charge is 0.303 e. The zero-order valence-corrected chi connectivity index (χ0v) is 12.4. The number of carboxylic acids is 1. The fourth-order valence-corrected chi connectivity index (χ4v) is 2.61. The Labute approximate surface area is 116 Å². The highest BCUT2D eigenvalue weighted by atomic mass is 16.4. The van der Waals surface area contributed by atoms with E-state index in [2.05, 4.69) is 26.1 Å². The topological polar surface area (TPSA) is 66.4 Å². The molecule has 0 bridgehead atoms. The Morgan fingerprint density at radius 2 is 1.95 bits per heavy atom. The monoisotopic (exact) mass is 269 g/mol. The normalized spacial score (nSPS) is 21.7. The maximum absolute atomic E-state index is 11.8. The van der Waals surface area contributed by atoms with Gasteiger partial charge in [0.05, 0.1) is 0 Å². The van der Waals surface area contributed by atoms with Crippen molar-refractivity contribution in [2.75, 3.05) is 6.54 Å². The van der Waals surface area contributed by atoms with Crippen LogP contribution in [-0.2, 0) is 9.59 Å². The van der Waals surface area contributed by atoms with Crippen LogP contribution in [0.25, 0.3) is 0 Å². The standard InChI is InChI=1S/C15H27NO3/c1-4-5-11(6-7-13(17)18)8-9-16-14(19)12-10-15(12,2)3/h11-12H,4-10H2,1-3H3,(H,16,19)(H,17,18). The average Bonchev–Trinajstić information content (AvgIpc) is 2.95. The SMILES string of the molecule is CCCC(CCNC(=O)C1CC1(C)C)CCC(=O)O. The number of hydrogen-bond donors (Lipinski definition) is 2. The van der Waals surface area contributed by atoms with Crippen LogP contribution in [0.3, 0.4) is 0 Å². The van der Waals surface area contributed by atoms with E-state index in [1.165, 1.54) is 0 Å². The van der Waals surface area contributed by atoms with Crippen molar-refractivity contribution in [2.45, 2.75) is 59.3 Å². The van der Waals surface area contributed by atoms with E-state index in [0.29, 0.717) is 18.9 Å². The van der Waals surface area contributed by atoms with Crippen LogP contribution >= 0.6 is 0 Å². The molecule has 1 fully saturated rings. The molecular weight excluding hydrogens is 242 g/mol. The van der Waals surface area contributed by atoms with Crippen molar-refractivity contribution in [3.05, 3.63) is 0 Å². The highest BCUT2D eigenvalue weighted by Gasteiger charge is 2.50. The molecular formula is C15H27NO3. The van der Waals surface area contributed by atoms with E-state index in [1.54, 1.807) is 0 Å². The zero-order chi connectivity index (χ0) is 14.5. The van der Waals surface area contributed by atoms with Crippen molar-refractivity contribution in [1.82, 2.24) is 5.32 Å². The van der Waals surface area contributed by atoms with E-state index in [4.69, 9.17) is 5.11 Å². The summed E-state index contributed by atoms with van der Waals surface area (Å²) in [5.41, 5.74) is 0.177. The Morgan fingerprint density at radius 3 is 2.42 bits per heavy atom. The first-order valence-electron chi connectivity index (χ1n) is 7.36. The van der Waals surface area contributed by atoms with Crippen LogP contribution in [0.15, 0.2) is 0 Å². The molecule has 1 amide bonds. The van der Waals surface area contributed by atoms with Gasteiger partial charge >= 0.3 is 5.97 Å². The predicted molar refractivity (Wildman–Crippen MR) is 74.8 cm³/mol. The van der Waals surface area contributed by atoms with E-state index in [1.807, 2.05) is 0 Å². The molecule has 2 atom stereocenters. The summed E-state index contributed by atoms with van der Waals surface area (Å²) in [7, 11) is 0. The number of amides is 1. The van der Waals surface area contributed by atoms with Crippen LogP contribution in [0.1, 0.15) is 59.3 Å². The summed E-state index contributed by atoms with van der Waals surface area (Å²) in [5.74, 6) is 0.0214. The second kappa shape index (κ2) is 6.92. The van der Waals surface area contributed by atoms with Crippen LogP contribution in [0.2, 0.25) is 0 Å². The molecule has 0 aliphatic heterocycles. The highest BCUT2D eigenvalue weighted by molar-refractivity contribution is 5.82. The van der Waals surface area contributed by atoms with Crippen LogP contribution in [-0.4, -0.2) is 23.5 Å². The van der Waals surface area contributed by atoms with Crippen molar-refractivity contribution < 1.29 is 14.7 Å². The third kappa shape index (κ3) is 5.62. The summed E-state index contributed by atoms with van der Waals surface area (Å²) >= 11 is 0. The van der Waals surface area contributed by atoms with E-state index in [9.17, 15) is 9.59 Å². The quantitative estimate of drug-likeness (QED) is 0.676. The third-order valence-corrected chi connectivity index (χ3v) is 4.15. The number of carboxylic acid groups (broad SMARTS) is 1. The van der Waals surface area contributed by atoms with Gasteiger partial charge in [-0.15, -0.1) is 0 Å². The highest BCUT2D eigenvalue weighted by Crippen LogP contribution is 2.51. The molecule has 1 rings (SSSR count). The number of rotatable bonds is 9. The number of carbonyl (C=O) groups is 2. The fraction of sp³-hybridized carbons (Fsp3) is 0.867. The molecule has 0 aromatic heterocycles. The van der Waals surface area contributed by atoms with Crippen LogP contribution in [0.5, 0.6) is 0 Å². The van der Waals surface area contributed by atoms with Crippen LogP contribution < -0.4 is 5.32 Å². The molecule has 1 aliphatic carbocycles. The van der Waals surface area contributed by atoms with Gasteiger partial charge < -0.3 is 10.4 Å². The lowest BCUT2D eigenvalue weighted by Gasteiger charge is -2.15. The Kier molecular flexibility index (Phi) is 5.83. The summed E-state index contributed by atoms with van der Waals surface area (Å²) in [6, 6.07) is 0. The minimum atomic E-state index is -0.732. The second-order valence-electron chi connectivity index (χ2n) is 6.41. The molecule has 0 saturated heterocycles. The molecule has 0 heterocycles. The number of hydrogen-bond acceptors (Lipinski definition) is 2. The summed E-state index contributed by atoms with van der Waals surface area (Å²) < 4.78 is 0. The Balaban J connectivity index is 2.20. The maximum atomic E-state index is 11.8. The summed E-state index contributed by atoms with van der Waals surface area (Å²) in [6.45, 7) is 7.02. The van der Waals surface area contributed by atoms with Gasteiger partial charge in [-0.2, -0.15) is 0 Å². The van der Waals surface area contributed by atoms with Crippen LogP contribution in [0, 0.1) is 17.3 Å². The molecule has 110 valence electrons. The average molecular weight is 269 g/mol. The summed E-state index contributed by atoms with van der Waals surface area (Å²) in [4.78, 5) is 22.4. The van der Waals surface area contributed by atoms with Gasteiger partial charge in [0.1, 0.15) is 0 Å². The van der Waals surface area contributed by atoms with Crippen molar-refractivity contribution in [3.63, 3.8) is 0 Å². The lowest BCUT2D eigenvalue weighted by Crippen LogP contribution is -2.28. The van der Waals surface area contributed by atoms with Gasteiger partial charge in [-0.3, -0.25) is 9.59 Å². The molecule has 0 aromatic rings. The number of aliphatic carboxylic acids is 1. The van der Waals surface area contributed by atoms with Crippen molar-refractivity contribution in [3.8, 4) is 0 Å². The number of nitrogens with one attached hydrogen (secondary N) is 1. The molecule has 2 N–H and O–H groups in total. The van der Waals surface area contributed by atoms with E-state index < -0.39 is 5.97 Å². The van der Waals surface area contributed by atoms with Gasteiger partial charge in [0, 0.05) is 18.9 Å². The molecule has 2 unspecified atom stereocenters. The van der Waals surface area contributed by atoms with Gasteiger partial charge in [0.15, 0.2) is 0 Å². The van der Waals surface area contributed by atoms with Gasteiger partial charge in [-0.25, -0.2) is 0 Å². The Morgan fingerprint density at radius 1 is 1.32 bits per heavy atom. The summed E-state index contributed by atoms with van der Waals surface area (Å²) in [6.07, 6.45) is 4.92. The first-order chi connectivity index (χ1) is 8.86. The van der Waals surface area contributed by atoms with Gasteiger partial charge in [-0.05, 0) is 30.6 Å². The van der Waals surface area contributed by atoms with Crippen LogP contribution in [0.4, 0.5) is 0 Å². The lowest BCUT2D eigenvalue weighted by molar-refractivity contribution is -0.137.